The summed E-state index contributed by atoms with van der Waals surface area (Å²) in [5.74, 6) is 0.620. The molecule has 3 rings (SSSR count). The fraction of sp³-hybridized carbons (Fsp3) is 0.312. The van der Waals surface area contributed by atoms with Crippen LogP contribution in [-0.4, -0.2) is 5.91 Å². The van der Waals surface area contributed by atoms with E-state index in [1.165, 1.54) is 5.56 Å². The first-order chi connectivity index (χ1) is 9.21. The van der Waals surface area contributed by atoms with Crippen molar-refractivity contribution < 1.29 is 9.21 Å². The maximum Gasteiger partial charge on any atom is 0.255 e. The molecular weight excluding hydrogens is 238 g/mol. The summed E-state index contributed by atoms with van der Waals surface area (Å²) in [6, 6.07) is 11.9. The van der Waals surface area contributed by atoms with Gasteiger partial charge in [0, 0.05) is 0 Å². The molecule has 0 saturated heterocycles. The fourth-order valence-corrected chi connectivity index (χ4v) is 2.68. The van der Waals surface area contributed by atoms with Crippen molar-refractivity contribution in [3.8, 4) is 0 Å². The Morgan fingerprint density at radius 3 is 2.47 bits per heavy atom. The number of benzene rings is 1. The highest BCUT2D eigenvalue weighted by molar-refractivity contribution is 5.95. The molecule has 3 heteroatoms. The van der Waals surface area contributed by atoms with Crippen LogP contribution in [0.25, 0.3) is 0 Å². The summed E-state index contributed by atoms with van der Waals surface area (Å²) in [6.07, 6.45) is 4.71. The molecule has 98 valence electrons. The molecule has 1 heterocycles. The van der Waals surface area contributed by atoms with Gasteiger partial charge in [0.25, 0.3) is 5.91 Å². The summed E-state index contributed by atoms with van der Waals surface area (Å²) in [5, 5.41) is 3.19. The lowest BCUT2D eigenvalue weighted by molar-refractivity contribution is 0.0822. The standard InChI is InChI=1S/C16H17NO2/c1-12-14(8-11-19-12)15(18)17-16(9-5-10-16)13-6-3-2-4-7-13/h2-4,6-8,11H,5,9-10H2,1H3,(H,17,18). The Bertz CT molecular complexity index is 582. The molecule has 1 saturated carbocycles. The lowest BCUT2D eigenvalue weighted by atomic mass is 9.71. The average Bonchev–Trinajstić information content (AvgIpc) is 2.81. The monoisotopic (exact) mass is 255 g/mol. The zero-order chi connectivity index (χ0) is 13.3. The van der Waals surface area contributed by atoms with Crippen molar-refractivity contribution in [1.29, 1.82) is 0 Å². The van der Waals surface area contributed by atoms with E-state index >= 15 is 0 Å². The predicted molar refractivity (Wildman–Crippen MR) is 72.9 cm³/mol. The molecule has 0 unspecified atom stereocenters. The molecule has 1 N–H and O–H groups in total. The molecule has 0 bridgehead atoms. The highest BCUT2D eigenvalue weighted by Gasteiger charge is 2.40. The minimum Gasteiger partial charge on any atom is -0.469 e. The predicted octanol–water partition coefficient (Wildman–Crippen LogP) is 3.40. The summed E-state index contributed by atoms with van der Waals surface area (Å²) < 4.78 is 5.20. The number of aryl methyl sites for hydroxylation is 1. The Morgan fingerprint density at radius 2 is 1.95 bits per heavy atom. The van der Waals surface area contributed by atoms with Gasteiger partial charge >= 0.3 is 0 Å². The van der Waals surface area contributed by atoms with E-state index < -0.39 is 0 Å². The van der Waals surface area contributed by atoms with Crippen molar-refractivity contribution in [3.63, 3.8) is 0 Å². The van der Waals surface area contributed by atoms with Gasteiger partial charge in [0.2, 0.25) is 0 Å². The molecule has 1 aromatic carbocycles. The van der Waals surface area contributed by atoms with Gasteiger partial charge in [-0.05, 0) is 37.8 Å². The lowest BCUT2D eigenvalue weighted by Crippen LogP contribution is -2.50. The normalized spacial score (nSPS) is 16.7. The second-order valence-electron chi connectivity index (χ2n) is 5.15. The fourth-order valence-electron chi connectivity index (χ4n) is 2.68. The van der Waals surface area contributed by atoms with Crippen LogP contribution in [0.3, 0.4) is 0 Å². The van der Waals surface area contributed by atoms with Crippen molar-refractivity contribution in [3.05, 3.63) is 59.5 Å². The van der Waals surface area contributed by atoms with Gasteiger partial charge in [-0.25, -0.2) is 0 Å². The second-order valence-corrected chi connectivity index (χ2v) is 5.15. The SMILES string of the molecule is Cc1occc1C(=O)NC1(c2ccccc2)CCC1. The van der Waals surface area contributed by atoms with E-state index in [1.54, 1.807) is 12.3 Å². The van der Waals surface area contributed by atoms with Crippen molar-refractivity contribution >= 4 is 5.91 Å². The van der Waals surface area contributed by atoms with E-state index in [0.717, 1.165) is 19.3 Å². The van der Waals surface area contributed by atoms with Crippen LogP contribution in [0.15, 0.2) is 47.1 Å². The number of amides is 1. The molecule has 2 aromatic rings. The van der Waals surface area contributed by atoms with Gasteiger partial charge in [-0.1, -0.05) is 30.3 Å². The van der Waals surface area contributed by atoms with E-state index in [0.29, 0.717) is 11.3 Å². The zero-order valence-corrected chi connectivity index (χ0v) is 11.0. The first-order valence-corrected chi connectivity index (χ1v) is 6.63. The molecule has 0 aliphatic heterocycles. The van der Waals surface area contributed by atoms with Crippen LogP contribution in [0.4, 0.5) is 0 Å². The van der Waals surface area contributed by atoms with Crippen LogP contribution < -0.4 is 5.32 Å². The van der Waals surface area contributed by atoms with E-state index in [-0.39, 0.29) is 11.4 Å². The number of carbonyl (C=O) groups is 1. The highest BCUT2D eigenvalue weighted by Crippen LogP contribution is 2.41. The van der Waals surface area contributed by atoms with Gasteiger partial charge in [0.15, 0.2) is 0 Å². The van der Waals surface area contributed by atoms with Gasteiger partial charge in [-0.3, -0.25) is 4.79 Å². The summed E-state index contributed by atoms with van der Waals surface area (Å²) >= 11 is 0. The molecule has 3 nitrogen and oxygen atoms in total. The number of furan rings is 1. The van der Waals surface area contributed by atoms with Gasteiger partial charge in [-0.2, -0.15) is 0 Å². The van der Waals surface area contributed by atoms with Gasteiger partial charge in [-0.15, -0.1) is 0 Å². The average molecular weight is 255 g/mol. The molecule has 19 heavy (non-hydrogen) atoms. The number of hydrogen-bond donors (Lipinski definition) is 1. The van der Waals surface area contributed by atoms with Crippen molar-refractivity contribution in [2.24, 2.45) is 0 Å². The van der Waals surface area contributed by atoms with Gasteiger partial charge in [0.1, 0.15) is 5.76 Å². The van der Waals surface area contributed by atoms with Crippen LogP contribution in [0, 0.1) is 6.92 Å². The lowest BCUT2D eigenvalue weighted by Gasteiger charge is -2.43. The molecule has 1 fully saturated rings. The smallest absolute Gasteiger partial charge is 0.255 e. The van der Waals surface area contributed by atoms with E-state index in [9.17, 15) is 4.79 Å². The summed E-state index contributed by atoms with van der Waals surface area (Å²) in [6.45, 7) is 1.81. The van der Waals surface area contributed by atoms with E-state index in [2.05, 4.69) is 17.4 Å². The Morgan fingerprint density at radius 1 is 1.21 bits per heavy atom. The zero-order valence-electron chi connectivity index (χ0n) is 11.0. The third kappa shape index (κ3) is 2.05. The Hall–Kier alpha value is -2.03. The molecule has 1 aliphatic rings. The molecule has 0 radical (unpaired) electrons. The highest BCUT2D eigenvalue weighted by atomic mass is 16.3. The minimum atomic E-state index is -0.192. The third-order valence-electron chi connectivity index (χ3n) is 3.99. The van der Waals surface area contributed by atoms with Crippen LogP contribution in [-0.2, 0) is 5.54 Å². The Balaban J connectivity index is 1.85. The molecule has 1 amide bonds. The number of hydrogen-bond acceptors (Lipinski definition) is 2. The van der Waals surface area contributed by atoms with Crippen LogP contribution in [0.1, 0.15) is 40.9 Å². The van der Waals surface area contributed by atoms with Crippen molar-refractivity contribution in [2.75, 3.05) is 0 Å². The first kappa shape index (κ1) is 12.0. The topological polar surface area (TPSA) is 42.2 Å². The maximum absolute atomic E-state index is 12.3. The summed E-state index contributed by atoms with van der Waals surface area (Å²) in [4.78, 5) is 12.3. The van der Waals surface area contributed by atoms with Crippen molar-refractivity contribution in [1.82, 2.24) is 5.32 Å². The minimum absolute atomic E-state index is 0.0465. The van der Waals surface area contributed by atoms with Gasteiger partial charge in [0.05, 0.1) is 17.4 Å². The number of nitrogens with one attached hydrogen (secondary N) is 1. The summed E-state index contributed by atoms with van der Waals surface area (Å²) in [7, 11) is 0. The van der Waals surface area contributed by atoms with Crippen LogP contribution >= 0.6 is 0 Å². The quantitative estimate of drug-likeness (QED) is 0.913. The molecule has 0 spiro atoms. The summed E-state index contributed by atoms with van der Waals surface area (Å²) in [5.41, 5.74) is 1.63. The Kier molecular flexibility index (Phi) is 2.90. The molecular formula is C16H17NO2. The first-order valence-electron chi connectivity index (χ1n) is 6.63. The molecule has 0 atom stereocenters. The number of rotatable bonds is 3. The van der Waals surface area contributed by atoms with Gasteiger partial charge < -0.3 is 9.73 Å². The van der Waals surface area contributed by atoms with E-state index in [1.807, 2.05) is 25.1 Å². The number of carbonyl (C=O) groups excluding carboxylic acids is 1. The maximum atomic E-state index is 12.3. The van der Waals surface area contributed by atoms with Crippen LogP contribution in [0.2, 0.25) is 0 Å². The molecule has 1 aliphatic carbocycles. The second kappa shape index (κ2) is 4.57. The van der Waals surface area contributed by atoms with Crippen LogP contribution in [0.5, 0.6) is 0 Å². The Labute approximate surface area is 112 Å². The van der Waals surface area contributed by atoms with E-state index in [4.69, 9.17) is 4.42 Å². The van der Waals surface area contributed by atoms with Crippen molar-refractivity contribution in [2.45, 2.75) is 31.7 Å². The molecule has 1 aromatic heterocycles. The largest absolute Gasteiger partial charge is 0.469 e. The third-order valence-corrected chi connectivity index (χ3v) is 3.99.